The monoisotopic (exact) mass is 751 g/mol. The Kier molecular flexibility index (Phi) is 38.9. The molecule has 0 aromatic heterocycles. The highest BCUT2D eigenvalue weighted by Gasteiger charge is 2.19. The molecular weight excluding hydrogens is 661 g/mol. The normalized spacial score (nSPS) is 12.6. The third-order valence-corrected chi connectivity index (χ3v) is 10.8. The first kappa shape index (κ1) is 51.4. The van der Waals surface area contributed by atoms with Gasteiger partial charge in [0, 0.05) is 19.3 Å². The molecule has 314 valence electrons. The SMILES string of the molecule is CCCCCCCCCCCCCC(=O)OC[C@@H](COC(=O)CCCCCCCCC(C)CC)OC(=O)CCCCCCCCCCCCCC(C)C. The van der Waals surface area contributed by atoms with Gasteiger partial charge in [-0.15, -0.1) is 0 Å². The maximum atomic E-state index is 12.7. The van der Waals surface area contributed by atoms with Crippen LogP contribution >= 0.6 is 0 Å². The lowest BCUT2D eigenvalue weighted by atomic mass is 10.00. The molecule has 0 heterocycles. The van der Waals surface area contributed by atoms with E-state index in [1.54, 1.807) is 0 Å². The standard InChI is InChI=1S/C47H90O6/c1-6-8-9-10-11-12-14-18-21-27-32-37-45(48)51-40-44(41-52-46(49)38-33-28-24-23-26-31-36-43(5)7-2)53-47(50)39-34-29-22-19-16-13-15-17-20-25-30-35-42(3)4/h42-44H,6-41H2,1-5H3/t43?,44-/m0/s1. The van der Waals surface area contributed by atoms with Crippen molar-refractivity contribution in [2.75, 3.05) is 13.2 Å². The molecule has 0 aliphatic heterocycles. The van der Waals surface area contributed by atoms with E-state index in [1.807, 2.05) is 0 Å². The zero-order valence-electron chi connectivity index (χ0n) is 36.1. The average Bonchev–Trinajstić information content (AvgIpc) is 3.14. The summed E-state index contributed by atoms with van der Waals surface area (Å²) in [7, 11) is 0. The van der Waals surface area contributed by atoms with E-state index < -0.39 is 6.10 Å². The van der Waals surface area contributed by atoms with E-state index in [2.05, 4.69) is 34.6 Å². The number of carbonyl (C=O) groups excluding carboxylic acids is 3. The Morgan fingerprint density at radius 1 is 0.396 bits per heavy atom. The van der Waals surface area contributed by atoms with Crippen molar-refractivity contribution in [3.05, 3.63) is 0 Å². The lowest BCUT2D eigenvalue weighted by molar-refractivity contribution is -0.167. The van der Waals surface area contributed by atoms with Gasteiger partial charge in [-0.2, -0.15) is 0 Å². The molecule has 2 atom stereocenters. The molecule has 6 heteroatoms. The zero-order chi connectivity index (χ0) is 39.0. The topological polar surface area (TPSA) is 78.9 Å². The largest absolute Gasteiger partial charge is 0.462 e. The summed E-state index contributed by atoms with van der Waals surface area (Å²) in [5.74, 6) is 0.780. The van der Waals surface area contributed by atoms with Gasteiger partial charge in [0.2, 0.25) is 0 Å². The highest BCUT2D eigenvalue weighted by molar-refractivity contribution is 5.71. The molecule has 0 aromatic carbocycles. The van der Waals surface area contributed by atoms with Gasteiger partial charge in [0.1, 0.15) is 13.2 Å². The van der Waals surface area contributed by atoms with Gasteiger partial charge < -0.3 is 14.2 Å². The molecule has 0 rings (SSSR count). The summed E-state index contributed by atoms with van der Waals surface area (Å²) in [5, 5.41) is 0. The van der Waals surface area contributed by atoms with Crippen LogP contribution in [0.25, 0.3) is 0 Å². The van der Waals surface area contributed by atoms with Gasteiger partial charge in [-0.1, -0.05) is 214 Å². The van der Waals surface area contributed by atoms with Crippen molar-refractivity contribution in [2.24, 2.45) is 11.8 Å². The fraction of sp³-hybridized carbons (Fsp3) is 0.936. The van der Waals surface area contributed by atoms with E-state index in [4.69, 9.17) is 14.2 Å². The first-order chi connectivity index (χ1) is 25.8. The maximum absolute atomic E-state index is 12.7. The Labute approximate surface area is 329 Å². The van der Waals surface area contributed by atoms with Gasteiger partial charge in [0.25, 0.3) is 0 Å². The molecule has 0 aromatic rings. The molecule has 0 spiro atoms. The van der Waals surface area contributed by atoms with Crippen LogP contribution in [-0.2, 0) is 28.6 Å². The van der Waals surface area contributed by atoms with Crippen LogP contribution in [0.3, 0.4) is 0 Å². The van der Waals surface area contributed by atoms with E-state index >= 15 is 0 Å². The first-order valence-electron chi connectivity index (χ1n) is 23.3. The molecule has 0 N–H and O–H groups in total. The van der Waals surface area contributed by atoms with Crippen LogP contribution in [0.2, 0.25) is 0 Å². The minimum atomic E-state index is -0.761. The molecule has 6 nitrogen and oxygen atoms in total. The first-order valence-corrected chi connectivity index (χ1v) is 23.3. The predicted molar refractivity (Wildman–Crippen MR) is 224 cm³/mol. The van der Waals surface area contributed by atoms with Crippen molar-refractivity contribution in [3.63, 3.8) is 0 Å². The Balaban J connectivity index is 4.34. The maximum Gasteiger partial charge on any atom is 0.306 e. The third kappa shape index (κ3) is 39.9. The van der Waals surface area contributed by atoms with Crippen LogP contribution in [0.5, 0.6) is 0 Å². The lowest BCUT2D eigenvalue weighted by Gasteiger charge is -2.18. The second-order valence-corrected chi connectivity index (χ2v) is 16.8. The van der Waals surface area contributed by atoms with Gasteiger partial charge >= 0.3 is 17.9 Å². The fourth-order valence-corrected chi connectivity index (χ4v) is 6.90. The number of esters is 3. The molecule has 53 heavy (non-hydrogen) atoms. The predicted octanol–water partition coefficient (Wildman–Crippen LogP) is 14.6. The molecule has 0 fully saturated rings. The second kappa shape index (κ2) is 40.1. The summed E-state index contributed by atoms with van der Waals surface area (Å²) in [6, 6.07) is 0. The van der Waals surface area contributed by atoms with E-state index in [9.17, 15) is 14.4 Å². The van der Waals surface area contributed by atoms with Crippen LogP contribution in [-0.4, -0.2) is 37.2 Å². The summed E-state index contributed by atoms with van der Waals surface area (Å²) in [6.07, 6.45) is 38.0. The Hall–Kier alpha value is -1.59. The van der Waals surface area contributed by atoms with Crippen LogP contribution in [0, 0.1) is 11.8 Å². The van der Waals surface area contributed by atoms with Gasteiger partial charge in [-0.3, -0.25) is 14.4 Å². The summed E-state index contributed by atoms with van der Waals surface area (Å²) in [6.45, 7) is 11.3. The summed E-state index contributed by atoms with van der Waals surface area (Å²) < 4.78 is 16.7. The highest BCUT2D eigenvalue weighted by Crippen LogP contribution is 2.17. The van der Waals surface area contributed by atoms with Gasteiger partial charge in [0.15, 0.2) is 6.10 Å². The number of hydrogen-bond donors (Lipinski definition) is 0. The van der Waals surface area contributed by atoms with Crippen molar-refractivity contribution in [1.82, 2.24) is 0 Å². The molecule has 0 radical (unpaired) electrons. The zero-order valence-corrected chi connectivity index (χ0v) is 36.1. The van der Waals surface area contributed by atoms with E-state index in [0.29, 0.717) is 19.3 Å². The number of rotatable bonds is 41. The minimum Gasteiger partial charge on any atom is -0.462 e. The molecule has 0 amide bonds. The molecule has 0 bridgehead atoms. The van der Waals surface area contributed by atoms with E-state index in [0.717, 1.165) is 69.6 Å². The number of carbonyl (C=O) groups is 3. The van der Waals surface area contributed by atoms with Crippen LogP contribution in [0.4, 0.5) is 0 Å². The molecule has 0 aliphatic rings. The smallest absolute Gasteiger partial charge is 0.306 e. The molecular formula is C47H90O6. The average molecular weight is 751 g/mol. The Morgan fingerprint density at radius 2 is 0.717 bits per heavy atom. The number of hydrogen-bond acceptors (Lipinski definition) is 6. The van der Waals surface area contributed by atoms with Gasteiger partial charge in [-0.25, -0.2) is 0 Å². The second-order valence-electron chi connectivity index (χ2n) is 16.8. The molecule has 0 aliphatic carbocycles. The van der Waals surface area contributed by atoms with Crippen molar-refractivity contribution < 1.29 is 28.6 Å². The Morgan fingerprint density at radius 3 is 1.08 bits per heavy atom. The van der Waals surface area contributed by atoms with E-state index in [-0.39, 0.29) is 31.1 Å². The summed E-state index contributed by atoms with van der Waals surface area (Å²) in [5.41, 5.74) is 0. The minimum absolute atomic E-state index is 0.0652. The van der Waals surface area contributed by atoms with Crippen molar-refractivity contribution in [2.45, 2.75) is 259 Å². The summed E-state index contributed by atoms with van der Waals surface area (Å²) >= 11 is 0. The van der Waals surface area contributed by atoms with Crippen LogP contribution < -0.4 is 0 Å². The van der Waals surface area contributed by atoms with Crippen LogP contribution in [0.1, 0.15) is 253 Å². The van der Waals surface area contributed by atoms with Crippen molar-refractivity contribution >= 4 is 17.9 Å². The molecule has 0 saturated heterocycles. The highest BCUT2D eigenvalue weighted by atomic mass is 16.6. The van der Waals surface area contributed by atoms with Crippen molar-refractivity contribution in [3.8, 4) is 0 Å². The fourth-order valence-electron chi connectivity index (χ4n) is 6.90. The summed E-state index contributed by atoms with van der Waals surface area (Å²) in [4.78, 5) is 37.7. The lowest BCUT2D eigenvalue weighted by Crippen LogP contribution is -2.30. The third-order valence-electron chi connectivity index (χ3n) is 10.8. The Bertz CT molecular complexity index is 811. The van der Waals surface area contributed by atoms with Crippen molar-refractivity contribution in [1.29, 1.82) is 0 Å². The van der Waals surface area contributed by atoms with Crippen LogP contribution in [0.15, 0.2) is 0 Å². The molecule has 1 unspecified atom stereocenters. The molecule has 0 saturated carbocycles. The number of unbranched alkanes of at least 4 members (excludes halogenated alkanes) is 25. The van der Waals surface area contributed by atoms with E-state index in [1.165, 1.54) is 141 Å². The quantitative estimate of drug-likeness (QED) is 0.0352. The van der Waals surface area contributed by atoms with Gasteiger partial charge in [-0.05, 0) is 31.1 Å². The number of ether oxygens (including phenoxy) is 3. The van der Waals surface area contributed by atoms with Gasteiger partial charge in [0.05, 0.1) is 0 Å².